The van der Waals surface area contributed by atoms with Gasteiger partial charge in [-0.2, -0.15) is 0 Å². The number of esters is 3. The van der Waals surface area contributed by atoms with Gasteiger partial charge in [-0.15, -0.1) is 0 Å². The number of ether oxygens (including phenoxy) is 3. The van der Waals surface area contributed by atoms with Crippen molar-refractivity contribution in [1.29, 1.82) is 0 Å². The molecule has 0 spiro atoms. The fourth-order valence-corrected chi connectivity index (χ4v) is 4.68. The summed E-state index contributed by atoms with van der Waals surface area (Å²) in [5, 5.41) is 8.79. The van der Waals surface area contributed by atoms with Gasteiger partial charge in [-0.1, -0.05) is 45.1 Å². The Bertz CT molecular complexity index is 686. The van der Waals surface area contributed by atoms with E-state index in [-0.39, 0.29) is 42.4 Å². The summed E-state index contributed by atoms with van der Waals surface area (Å²) in [4.78, 5) is 45.8. The quantitative estimate of drug-likeness (QED) is 0.142. The molecule has 0 saturated heterocycles. The largest absolute Gasteiger partial charge is 0.481 e. The molecule has 1 aliphatic rings. The minimum atomic E-state index is -0.790. The van der Waals surface area contributed by atoms with Crippen LogP contribution in [0.15, 0.2) is 12.2 Å². The molecule has 1 rings (SSSR count). The van der Waals surface area contributed by atoms with Gasteiger partial charge in [-0.3, -0.25) is 19.2 Å². The van der Waals surface area contributed by atoms with Crippen LogP contribution in [-0.2, 0) is 33.4 Å². The summed E-state index contributed by atoms with van der Waals surface area (Å²) in [6.45, 7) is 6.24. The highest BCUT2D eigenvalue weighted by atomic mass is 16.6. The lowest BCUT2D eigenvalue weighted by Gasteiger charge is -2.24. The molecule has 1 saturated carbocycles. The molecule has 8 heteroatoms. The van der Waals surface area contributed by atoms with Gasteiger partial charge in [0.05, 0.1) is 0 Å². The predicted octanol–water partition coefficient (Wildman–Crippen LogP) is 4.98. The third-order valence-corrected chi connectivity index (χ3v) is 6.14. The van der Waals surface area contributed by atoms with Gasteiger partial charge in [0.15, 0.2) is 0 Å². The van der Waals surface area contributed by atoms with Gasteiger partial charge in [0.1, 0.15) is 18.3 Å². The molecule has 0 aromatic rings. The Morgan fingerprint density at radius 3 is 2.12 bits per heavy atom. The van der Waals surface area contributed by atoms with E-state index >= 15 is 0 Å². The molecule has 194 valence electrons. The van der Waals surface area contributed by atoms with Crippen LogP contribution in [0.5, 0.6) is 0 Å². The molecule has 0 aromatic heterocycles. The van der Waals surface area contributed by atoms with Gasteiger partial charge in [0.25, 0.3) is 0 Å². The van der Waals surface area contributed by atoms with E-state index in [1.165, 1.54) is 20.8 Å². The number of hydrogen-bond acceptors (Lipinski definition) is 7. The fraction of sp³-hybridized carbons (Fsp3) is 0.769. The number of rotatable bonds is 16. The Morgan fingerprint density at radius 2 is 1.53 bits per heavy atom. The molecule has 3 unspecified atom stereocenters. The lowest BCUT2D eigenvalue weighted by atomic mass is 9.87. The number of carboxylic acid groups (broad SMARTS) is 1. The molecule has 0 amide bonds. The van der Waals surface area contributed by atoms with Crippen molar-refractivity contribution in [2.45, 2.75) is 117 Å². The van der Waals surface area contributed by atoms with Crippen molar-refractivity contribution in [3.63, 3.8) is 0 Å². The van der Waals surface area contributed by atoms with Crippen molar-refractivity contribution in [3.8, 4) is 0 Å². The standard InChI is InChI=1S/C26H42O8/c1-5-6-9-12-21(32-18(2)27)15-16-23-22(13-10-7-8-11-14-26(30)31)24(33-19(3)28)17-25(23)34-20(4)29/h15-16,21-25H,5-14,17H2,1-4H3,(H,30,31)/b16-15+/t21?,22-,23-,24?,25?/m1/s1. The molecule has 1 aliphatic carbocycles. The Balaban J connectivity index is 2.97. The normalized spacial score (nSPS) is 22.9. The van der Waals surface area contributed by atoms with Crippen molar-refractivity contribution in [3.05, 3.63) is 12.2 Å². The van der Waals surface area contributed by atoms with Gasteiger partial charge >= 0.3 is 23.9 Å². The van der Waals surface area contributed by atoms with Crippen LogP contribution in [0.3, 0.4) is 0 Å². The van der Waals surface area contributed by atoms with Crippen LogP contribution >= 0.6 is 0 Å². The minimum absolute atomic E-state index is 0.0439. The third kappa shape index (κ3) is 12.2. The summed E-state index contributed by atoms with van der Waals surface area (Å²) in [5.41, 5.74) is 0. The second-order valence-electron chi connectivity index (χ2n) is 9.15. The maximum atomic E-state index is 11.8. The molecule has 0 heterocycles. The number of aliphatic carboxylic acids is 1. The number of unbranched alkanes of at least 4 members (excludes halogenated alkanes) is 5. The summed E-state index contributed by atoms with van der Waals surface area (Å²) < 4.78 is 16.7. The van der Waals surface area contributed by atoms with Gasteiger partial charge in [0.2, 0.25) is 0 Å². The first kappa shape index (κ1) is 29.7. The van der Waals surface area contributed by atoms with E-state index in [0.29, 0.717) is 12.8 Å². The van der Waals surface area contributed by atoms with Crippen LogP contribution in [0.1, 0.15) is 98.3 Å². The summed E-state index contributed by atoms with van der Waals surface area (Å²) in [5.74, 6) is -2.11. The maximum absolute atomic E-state index is 11.8. The number of carboxylic acids is 1. The van der Waals surface area contributed by atoms with Gasteiger partial charge in [0, 0.05) is 45.4 Å². The van der Waals surface area contributed by atoms with Crippen LogP contribution < -0.4 is 0 Å². The predicted molar refractivity (Wildman–Crippen MR) is 127 cm³/mol. The highest BCUT2D eigenvalue weighted by Gasteiger charge is 2.45. The monoisotopic (exact) mass is 482 g/mol. The highest BCUT2D eigenvalue weighted by Crippen LogP contribution is 2.41. The molecule has 0 radical (unpaired) electrons. The van der Waals surface area contributed by atoms with Crippen molar-refractivity contribution in [2.75, 3.05) is 0 Å². The van der Waals surface area contributed by atoms with Gasteiger partial charge in [-0.05, 0) is 31.8 Å². The van der Waals surface area contributed by atoms with Crippen molar-refractivity contribution >= 4 is 23.9 Å². The second kappa shape index (κ2) is 16.3. The average molecular weight is 483 g/mol. The van der Waals surface area contributed by atoms with Crippen molar-refractivity contribution in [2.24, 2.45) is 11.8 Å². The lowest BCUT2D eigenvalue weighted by molar-refractivity contribution is -0.149. The first-order valence-corrected chi connectivity index (χ1v) is 12.6. The third-order valence-electron chi connectivity index (χ3n) is 6.14. The molecule has 8 nitrogen and oxygen atoms in total. The van der Waals surface area contributed by atoms with Gasteiger partial charge < -0.3 is 19.3 Å². The molecule has 5 atom stereocenters. The van der Waals surface area contributed by atoms with E-state index in [4.69, 9.17) is 19.3 Å². The molecule has 0 bridgehead atoms. The number of hydrogen-bond donors (Lipinski definition) is 1. The SMILES string of the molecule is CCCCCC(/C=C/[C@H]1C(OC(C)=O)CC(OC(C)=O)[C@@H]1CCCCCCC(=O)O)OC(C)=O. The number of carbonyl (C=O) groups excluding carboxylic acids is 3. The topological polar surface area (TPSA) is 116 Å². The Morgan fingerprint density at radius 1 is 0.882 bits per heavy atom. The van der Waals surface area contributed by atoms with E-state index in [2.05, 4.69) is 6.92 Å². The van der Waals surface area contributed by atoms with Crippen molar-refractivity contribution < 1.29 is 38.5 Å². The summed E-state index contributed by atoms with van der Waals surface area (Å²) >= 11 is 0. The summed E-state index contributed by atoms with van der Waals surface area (Å²) in [6, 6.07) is 0. The molecule has 0 aliphatic heterocycles. The zero-order valence-corrected chi connectivity index (χ0v) is 21.1. The first-order chi connectivity index (χ1) is 16.1. The molecular formula is C26H42O8. The maximum Gasteiger partial charge on any atom is 0.303 e. The van der Waals surface area contributed by atoms with Crippen LogP contribution in [0, 0.1) is 11.8 Å². The Labute approximate surface area is 203 Å². The molecular weight excluding hydrogens is 440 g/mol. The Hall–Kier alpha value is -2.38. The zero-order valence-electron chi connectivity index (χ0n) is 21.1. The zero-order chi connectivity index (χ0) is 25.5. The highest BCUT2D eigenvalue weighted by molar-refractivity contribution is 5.67. The second-order valence-corrected chi connectivity index (χ2v) is 9.15. The van der Waals surface area contributed by atoms with E-state index in [1.54, 1.807) is 0 Å². The van der Waals surface area contributed by atoms with Crippen LogP contribution in [0.4, 0.5) is 0 Å². The average Bonchev–Trinajstić information content (AvgIpc) is 3.02. The van der Waals surface area contributed by atoms with E-state index in [9.17, 15) is 19.2 Å². The van der Waals surface area contributed by atoms with E-state index in [0.717, 1.165) is 51.4 Å². The molecule has 34 heavy (non-hydrogen) atoms. The Kier molecular flexibility index (Phi) is 14.2. The minimum Gasteiger partial charge on any atom is -0.481 e. The van der Waals surface area contributed by atoms with Crippen LogP contribution in [0.25, 0.3) is 0 Å². The van der Waals surface area contributed by atoms with E-state index in [1.807, 2.05) is 12.2 Å². The molecule has 1 fully saturated rings. The fourth-order valence-electron chi connectivity index (χ4n) is 4.68. The first-order valence-electron chi connectivity index (χ1n) is 12.6. The van der Waals surface area contributed by atoms with Gasteiger partial charge in [-0.25, -0.2) is 0 Å². The van der Waals surface area contributed by atoms with Crippen molar-refractivity contribution in [1.82, 2.24) is 0 Å². The summed E-state index contributed by atoms with van der Waals surface area (Å²) in [7, 11) is 0. The molecule has 0 aromatic carbocycles. The van der Waals surface area contributed by atoms with Crippen LogP contribution in [0.2, 0.25) is 0 Å². The summed E-state index contributed by atoms with van der Waals surface area (Å²) in [6.07, 6.45) is 11.0. The van der Waals surface area contributed by atoms with E-state index < -0.39 is 18.0 Å². The molecule has 1 N–H and O–H groups in total. The smallest absolute Gasteiger partial charge is 0.303 e. The number of carbonyl (C=O) groups is 4. The van der Waals surface area contributed by atoms with Crippen LogP contribution in [-0.4, -0.2) is 47.3 Å². The lowest BCUT2D eigenvalue weighted by Crippen LogP contribution is -2.26.